The number of likely N-dealkylation sites (tertiary alicyclic amines) is 1. The number of rotatable bonds is 6. The van der Waals surface area contributed by atoms with Gasteiger partial charge in [0, 0.05) is 11.5 Å². The summed E-state index contributed by atoms with van der Waals surface area (Å²) < 4.78 is 8.65. The lowest BCUT2D eigenvalue weighted by Gasteiger charge is -2.32. The lowest BCUT2D eigenvalue weighted by atomic mass is 9.85. The first-order valence-corrected chi connectivity index (χ1v) is 14.9. The third kappa shape index (κ3) is 5.66. The predicted molar refractivity (Wildman–Crippen MR) is 163 cm³/mol. The van der Waals surface area contributed by atoms with E-state index in [0.29, 0.717) is 12.2 Å². The number of ether oxygens (including phenoxy) is 1. The first-order chi connectivity index (χ1) is 20.5. The molecule has 1 aromatic carbocycles. The first kappa shape index (κ1) is 29.0. The zero-order valence-corrected chi connectivity index (χ0v) is 25.5. The van der Waals surface area contributed by atoms with Crippen molar-refractivity contribution in [2.24, 2.45) is 0 Å². The molecule has 2 amide bonds. The highest BCUT2D eigenvalue weighted by Gasteiger charge is 2.40. The van der Waals surface area contributed by atoms with Crippen molar-refractivity contribution in [3.8, 4) is 5.75 Å². The highest BCUT2D eigenvalue weighted by molar-refractivity contribution is 5.88. The zero-order chi connectivity index (χ0) is 30.4. The van der Waals surface area contributed by atoms with Gasteiger partial charge in [0.2, 0.25) is 0 Å². The Bertz CT molecular complexity index is 1650. The summed E-state index contributed by atoms with van der Waals surface area (Å²) in [7, 11) is 2.14. The van der Waals surface area contributed by atoms with Crippen molar-refractivity contribution in [3.05, 3.63) is 77.1 Å². The van der Waals surface area contributed by atoms with E-state index in [-0.39, 0.29) is 41.6 Å². The number of carbonyl (C=O) groups is 1. The highest BCUT2D eigenvalue weighted by atomic mass is 16.5. The number of pyridine rings is 1. The van der Waals surface area contributed by atoms with E-state index in [2.05, 4.69) is 60.1 Å². The second kappa shape index (κ2) is 11.2. The number of aliphatic hydroxyl groups excluding tert-OH is 1. The third-order valence-corrected chi connectivity index (χ3v) is 8.80. The maximum atomic E-state index is 13.1. The molecular formula is C32H40N8O3. The largest absolute Gasteiger partial charge is 0.484 e. The summed E-state index contributed by atoms with van der Waals surface area (Å²) in [6.45, 7) is 9.03. The van der Waals surface area contributed by atoms with E-state index < -0.39 is 0 Å². The van der Waals surface area contributed by atoms with Crippen LogP contribution in [0, 0.1) is 0 Å². The molecule has 11 nitrogen and oxygen atoms in total. The van der Waals surface area contributed by atoms with E-state index in [1.165, 1.54) is 0 Å². The van der Waals surface area contributed by atoms with Crippen LogP contribution in [-0.4, -0.2) is 54.2 Å². The normalized spacial score (nSPS) is 22.4. The molecule has 0 spiro atoms. The molecule has 6 rings (SSSR count). The Kier molecular flexibility index (Phi) is 7.55. The fourth-order valence-electron chi connectivity index (χ4n) is 6.20. The molecule has 1 aliphatic carbocycles. The lowest BCUT2D eigenvalue weighted by Crippen LogP contribution is -2.37. The van der Waals surface area contributed by atoms with E-state index in [4.69, 9.17) is 4.74 Å². The Morgan fingerprint density at radius 1 is 1.12 bits per heavy atom. The van der Waals surface area contributed by atoms with Crippen molar-refractivity contribution >= 4 is 17.5 Å². The minimum absolute atomic E-state index is 0.164. The number of amides is 2. The molecule has 1 aliphatic heterocycles. The molecule has 0 saturated carbocycles. The molecular weight excluding hydrogens is 544 g/mol. The molecule has 0 bridgehead atoms. The summed E-state index contributed by atoms with van der Waals surface area (Å²) >= 11 is 0. The van der Waals surface area contributed by atoms with Crippen LogP contribution in [0.1, 0.15) is 94.0 Å². The number of fused-ring (bicyclic) bond motifs is 2. The number of aliphatic hydroxyl groups is 1. The van der Waals surface area contributed by atoms with Crippen molar-refractivity contribution in [2.75, 3.05) is 18.9 Å². The SMILES string of the molecule is CN1CCC[C@@]1(C)c1nnc2ccc(O[C@@H]3CC[C@H](NC(=O)Nc4cc(C(C)(C)C)nc(CO)n4)c4ccccc43)cn12. The molecule has 0 unspecified atom stereocenters. The van der Waals surface area contributed by atoms with E-state index in [0.717, 1.165) is 59.8 Å². The number of carbonyl (C=O) groups excluding carboxylic acids is 1. The highest BCUT2D eigenvalue weighted by Crippen LogP contribution is 2.40. The second-order valence-corrected chi connectivity index (χ2v) is 12.8. The van der Waals surface area contributed by atoms with E-state index in [1.807, 2.05) is 57.3 Å². The Balaban J connectivity index is 1.19. The summed E-state index contributed by atoms with van der Waals surface area (Å²) in [5, 5.41) is 24.6. The van der Waals surface area contributed by atoms with Gasteiger partial charge in [-0.3, -0.25) is 14.6 Å². The standard InChI is InChI=1S/C32H40N8O3/c1-31(2,3)25-17-26(35-27(19-41)34-25)36-30(42)33-23-12-13-24(22-10-7-6-9-21(22)23)43-20-11-14-28-37-38-29(40(28)18-20)32(4)15-8-16-39(32)5/h6-7,9-11,14,17-18,23-24,41H,8,12-13,15-16,19H2,1-5H3,(H2,33,34,35,36,42)/t23-,24+,32-/m0/s1. The van der Waals surface area contributed by atoms with Crippen LogP contribution in [0.4, 0.5) is 10.6 Å². The van der Waals surface area contributed by atoms with Crippen LogP contribution in [-0.2, 0) is 17.6 Å². The van der Waals surface area contributed by atoms with Gasteiger partial charge in [-0.05, 0) is 69.5 Å². The number of anilines is 1. The van der Waals surface area contributed by atoms with E-state index >= 15 is 0 Å². The summed E-state index contributed by atoms with van der Waals surface area (Å²) in [6.07, 6.45) is 5.43. The summed E-state index contributed by atoms with van der Waals surface area (Å²) in [5.41, 5.74) is 3.18. The van der Waals surface area contributed by atoms with Crippen LogP contribution < -0.4 is 15.4 Å². The fraction of sp³-hybridized carbons (Fsp3) is 0.469. The van der Waals surface area contributed by atoms with Gasteiger partial charge >= 0.3 is 6.03 Å². The lowest BCUT2D eigenvalue weighted by molar-refractivity contribution is 0.170. The molecule has 3 N–H and O–H groups in total. The topological polar surface area (TPSA) is 130 Å². The maximum absolute atomic E-state index is 13.1. The average Bonchev–Trinajstić information content (AvgIpc) is 3.56. The molecule has 1 saturated heterocycles. The van der Waals surface area contributed by atoms with Gasteiger partial charge in [-0.15, -0.1) is 10.2 Å². The molecule has 1 fully saturated rings. The summed E-state index contributed by atoms with van der Waals surface area (Å²) in [6, 6.07) is 13.2. The number of nitrogens with zero attached hydrogens (tertiary/aromatic N) is 6. The van der Waals surface area contributed by atoms with Gasteiger partial charge < -0.3 is 15.2 Å². The molecule has 4 aromatic rings. The van der Waals surface area contributed by atoms with Crippen LogP contribution in [0.5, 0.6) is 5.75 Å². The Labute approximate surface area is 251 Å². The number of hydrogen-bond acceptors (Lipinski definition) is 8. The number of hydrogen-bond donors (Lipinski definition) is 3. The zero-order valence-electron chi connectivity index (χ0n) is 25.5. The number of nitrogens with one attached hydrogen (secondary N) is 2. The molecule has 4 heterocycles. The number of urea groups is 1. The van der Waals surface area contributed by atoms with Gasteiger partial charge in [0.25, 0.3) is 0 Å². The summed E-state index contributed by atoms with van der Waals surface area (Å²) in [5.74, 6) is 2.30. The Morgan fingerprint density at radius 2 is 1.91 bits per heavy atom. The van der Waals surface area contributed by atoms with Crippen LogP contribution in [0.15, 0.2) is 48.7 Å². The van der Waals surface area contributed by atoms with Crippen molar-refractivity contribution in [3.63, 3.8) is 0 Å². The minimum atomic E-state index is -0.363. The van der Waals surface area contributed by atoms with E-state index in [1.54, 1.807) is 6.07 Å². The van der Waals surface area contributed by atoms with Gasteiger partial charge in [-0.1, -0.05) is 45.0 Å². The van der Waals surface area contributed by atoms with Crippen molar-refractivity contribution in [1.29, 1.82) is 0 Å². The van der Waals surface area contributed by atoms with Gasteiger partial charge in [0.05, 0.1) is 23.5 Å². The molecule has 11 heteroatoms. The smallest absolute Gasteiger partial charge is 0.320 e. The quantitative estimate of drug-likeness (QED) is 0.288. The van der Waals surface area contributed by atoms with Gasteiger partial charge in [-0.25, -0.2) is 14.8 Å². The predicted octanol–water partition coefficient (Wildman–Crippen LogP) is 5.03. The molecule has 3 aromatic heterocycles. The van der Waals surface area contributed by atoms with Crippen molar-refractivity contribution < 1.29 is 14.6 Å². The van der Waals surface area contributed by atoms with Crippen LogP contribution in [0.2, 0.25) is 0 Å². The van der Waals surface area contributed by atoms with Crippen LogP contribution >= 0.6 is 0 Å². The summed E-state index contributed by atoms with van der Waals surface area (Å²) in [4.78, 5) is 24.2. The minimum Gasteiger partial charge on any atom is -0.484 e. The average molecular weight is 585 g/mol. The van der Waals surface area contributed by atoms with Crippen LogP contribution in [0.25, 0.3) is 5.65 Å². The molecule has 0 radical (unpaired) electrons. The van der Waals surface area contributed by atoms with Crippen LogP contribution in [0.3, 0.4) is 0 Å². The molecule has 3 atom stereocenters. The Hall–Kier alpha value is -4.09. The number of benzene rings is 1. The molecule has 43 heavy (non-hydrogen) atoms. The fourth-order valence-corrected chi connectivity index (χ4v) is 6.20. The monoisotopic (exact) mass is 584 g/mol. The van der Waals surface area contributed by atoms with Crippen molar-refractivity contribution in [2.45, 2.75) is 83.1 Å². The van der Waals surface area contributed by atoms with Gasteiger partial charge in [0.1, 0.15) is 24.3 Å². The maximum Gasteiger partial charge on any atom is 0.320 e. The van der Waals surface area contributed by atoms with Gasteiger partial charge in [-0.2, -0.15) is 0 Å². The third-order valence-electron chi connectivity index (χ3n) is 8.80. The second-order valence-electron chi connectivity index (χ2n) is 12.8. The number of aromatic nitrogens is 5. The molecule has 2 aliphatic rings. The Morgan fingerprint density at radius 3 is 2.63 bits per heavy atom. The first-order valence-electron chi connectivity index (χ1n) is 14.9. The molecule has 226 valence electrons. The van der Waals surface area contributed by atoms with E-state index in [9.17, 15) is 9.90 Å². The van der Waals surface area contributed by atoms with Crippen molar-refractivity contribution in [1.82, 2.24) is 34.8 Å². The van der Waals surface area contributed by atoms with Gasteiger partial charge in [0.15, 0.2) is 17.3 Å².